The molecular weight excluding hydrogens is 364 g/mol. The molecule has 1 aromatic carbocycles. The Morgan fingerprint density at radius 1 is 1.07 bits per heavy atom. The van der Waals surface area contributed by atoms with Crippen LogP contribution in [0.5, 0.6) is 0 Å². The van der Waals surface area contributed by atoms with Crippen LogP contribution in [0.2, 0.25) is 0 Å². The Morgan fingerprint density at radius 3 is 2.69 bits per heavy atom. The first-order valence-corrected chi connectivity index (χ1v) is 10.7. The van der Waals surface area contributed by atoms with Gasteiger partial charge in [-0.25, -0.2) is 4.98 Å². The fourth-order valence-corrected chi connectivity index (χ4v) is 4.18. The molecule has 2 aliphatic heterocycles. The Morgan fingerprint density at radius 2 is 1.86 bits per heavy atom. The number of carbonyl (C=O) groups is 1. The van der Waals surface area contributed by atoms with Crippen molar-refractivity contribution in [3.63, 3.8) is 0 Å². The SMILES string of the molecule is Nc1cc(C(=O)NCCCN2CCCc3ccccc3C2)nc(N2CCCC2)n1. The zero-order valence-electron chi connectivity index (χ0n) is 16.9. The van der Waals surface area contributed by atoms with Gasteiger partial charge in [-0.05, 0) is 49.8 Å². The molecule has 0 unspecified atom stereocenters. The van der Waals surface area contributed by atoms with Crippen molar-refractivity contribution < 1.29 is 4.79 Å². The Labute approximate surface area is 172 Å². The summed E-state index contributed by atoms with van der Waals surface area (Å²) in [6.45, 7) is 5.53. The highest BCUT2D eigenvalue weighted by atomic mass is 16.1. The fourth-order valence-electron chi connectivity index (χ4n) is 4.18. The zero-order valence-corrected chi connectivity index (χ0v) is 16.9. The van der Waals surface area contributed by atoms with Crippen molar-refractivity contribution in [3.05, 3.63) is 47.2 Å². The molecule has 1 aromatic heterocycles. The first-order chi connectivity index (χ1) is 14.2. The molecule has 7 heteroatoms. The maximum Gasteiger partial charge on any atom is 0.270 e. The number of nitrogens with two attached hydrogens (primary N) is 1. The fraction of sp³-hybridized carbons (Fsp3) is 0.500. The van der Waals surface area contributed by atoms with Crippen molar-refractivity contribution in [2.45, 2.75) is 38.6 Å². The van der Waals surface area contributed by atoms with E-state index in [-0.39, 0.29) is 5.91 Å². The number of benzene rings is 1. The summed E-state index contributed by atoms with van der Waals surface area (Å²) < 4.78 is 0. The van der Waals surface area contributed by atoms with E-state index in [9.17, 15) is 4.79 Å². The highest BCUT2D eigenvalue weighted by molar-refractivity contribution is 5.93. The van der Waals surface area contributed by atoms with Gasteiger partial charge in [-0.3, -0.25) is 9.69 Å². The van der Waals surface area contributed by atoms with Gasteiger partial charge in [0, 0.05) is 38.8 Å². The molecule has 0 bridgehead atoms. The van der Waals surface area contributed by atoms with Crippen molar-refractivity contribution in [3.8, 4) is 0 Å². The number of aryl methyl sites for hydroxylation is 1. The number of rotatable bonds is 6. The third-order valence-electron chi connectivity index (χ3n) is 5.73. The maximum atomic E-state index is 12.5. The molecule has 3 N–H and O–H groups in total. The third kappa shape index (κ3) is 5.03. The molecular formula is C22H30N6O. The molecule has 29 heavy (non-hydrogen) atoms. The van der Waals surface area contributed by atoms with Crippen LogP contribution >= 0.6 is 0 Å². The largest absolute Gasteiger partial charge is 0.384 e. The number of nitrogens with zero attached hydrogens (tertiary/aromatic N) is 4. The van der Waals surface area contributed by atoms with E-state index in [1.165, 1.54) is 17.5 Å². The van der Waals surface area contributed by atoms with E-state index in [1.54, 1.807) is 6.07 Å². The van der Waals surface area contributed by atoms with Crippen LogP contribution < -0.4 is 16.0 Å². The Balaban J connectivity index is 1.27. The minimum absolute atomic E-state index is 0.180. The predicted octanol–water partition coefficient (Wildman–Crippen LogP) is 2.23. The van der Waals surface area contributed by atoms with Crippen LogP contribution in [0.4, 0.5) is 11.8 Å². The van der Waals surface area contributed by atoms with Crippen molar-refractivity contribution in [2.24, 2.45) is 0 Å². The topological polar surface area (TPSA) is 87.4 Å². The van der Waals surface area contributed by atoms with E-state index in [2.05, 4.69) is 49.4 Å². The Kier molecular flexibility index (Phi) is 6.24. The monoisotopic (exact) mass is 394 g/mol. The number of amides is 1. The third-order valence-corrected chi connectivity index (χ3v) is 5.73. The normalized spacial score (nSPS) is 17.0. The molecule has 0 saturated carbocycles. The van der Waals surface area contributed by atoms with E-state index >= 15 is 0 Å². The second-order valence-electron chi connectivity index (χ2n) is 7.93. The molecule has 1 fully saturated rings. The number of hydrogen-bond donors (Lipinski definition) is 2. The van der Waals surface area contributed by atoms with Crippen molar-refractivity contribution in [1.82, 2.24) is 20.2 Å². The van der Waals surface area contributed by atoms with Crippen molar-refractivity contribution in [1.29, 1.82) is 0 Å². The van der Waals surface area contributed by atoms with E-state index in [1.807, 2.05) is 0 Å². The summed E-state index contributed by atoms with van der Waals surface area (Å²) in [6.07, 6.45) is 5.50. The van der Waals surface area contributed by atoms with E-state index in [4.69, 9.17) is 5.73 Å². The van der Waals surface area contributed by atoms with Gasteiger partial charge in [0.15, 0.2) is 0 Å². The maximum absolute atomic E-state index is 12.5. The van der Waals surface area contributed by atoms with Gasteiger partial charge >= 0.3 is 0 Å². The van der Waals surface area contributed by atoms with Crippen LogP contribution in [-0.2, 0) is 13.0 Å². The smallest absolute Gasteiger partial charge is 0.270 e. The Hall–Kier alpha value is -2.67. The van der Waals surface area contributed by atoms with Gasteiger partial charge in [-0.15, -0.1) is 0 Å². The molecule has 1 saturated heterocycles. The summed E-state index contributed by atoms with van der Waals surface area (Å²) in [4.78, 5) is 25.8. The standard InChI is InChI=1S/C22H30N6O/c23-20-15-19(25-22(26-20)28-13-3-4-14-28)21(29)24-10-6-12-27-11-5-9-17-7-1-2-8-18(17)16-27/h1-2,7-8,15H,3-6,9-14,16H2,(H,24,29)(H2,23,25,26). The average Bonchev–Trinajstić information content (AvgIpc) is 3.18. The highest BCUT2D eigenvalue weighted by Gasteiger charge is 2.18. The Bertz CT molecular complexity index is 849. The van der Waals surface area contributed by atoms with Gasteiger partial charge < -0.3 is 16.0 Å². The van der Waals surface area contributed by atoms with Crippen LogP contribution in [0.25, 0.3) is 0 Å². The van der Waals surface area contributed by atoms with Crippen molar-refractivity contribution >= 4 is 17.7 Å². The van der Waals surface area contributed by atoms with Crippen LogP contribution in [0.15, 0.2) is 30.3 Å². The number of hydrogen-bond acceptors (Lipinski definition) is 6. The lowest BCUT2D eigenvalue weighted by Crippen LogP contribution is -2.31. The molecule has 4 rings (SSSR count). The molecule has 7 nitrogen and oxygen atoms in total. The van der Waals surface area contributed by atoms with Gasteiger partial charge in [0.2, 0.25) is 5.95 Å². The lowest BCUT2D eigenvalue weighted by molar-refractivity contribution is 0.0946. The first kappa shape index (κ1) is 19.6. The van der Waals surface area contributed by atoms with E-state index < -0.39 is 0 Å². The van der Waals surface area contributed by atoms with Gasteiger partial charge in [-0.2, -0.15) is 4.98 Å². The first-order valence-electron chi connectivity index (χ1n) is 10.7. The second kappa shape index (κ2) is 9.22. The lowest BCUT2D eigenvalue weighted by atomic mass is 10.0. The average molecular weight is 395 g/mol. The van der Waals surface area contributed by atoms with Gasteiger partial charge in [0.1, 0.15) is 11.5 Å². The van der Waals surface area contributed by atoms with Crippen LogP contribution in [0, 0.1) is 0 Å². The summed E-state index contributed by atoms with van der Waals surface area (Å²) in [6, 6.07) is 10.3. The minimum atomic E-state index is -0.180. The molecule has 2 aliphatic rings. The molecule has 0 aliphatic carbocycles. The predicted molar refractivity (Wildman–Crippen MR) is 115 cm³/mol. The van der Waals surface area contributed by atoms with Gasteiger partial charge in [0.25, 0.3) is 5.91 Å². The summed E-state index contributed by atoms with van der Waals surface area (Å²) >= 11 is 0. The summed E-state index contributed by atoms with van der Waals surface area (Å²) in [7, 11) is 0. The molecule has 0 atom stereocenters. The molecule has 0 radical (unpaired) electrons. The highest BCUT2D eigenvalue weighted by Crippen LogP contribution is 2.19. The van der Waals surface area contributed by atoms with E-state index in [0.717, 1.165) is 58.4 Å². The lowest BCUT2D eigenvalue weighted by Gasteiger charge is -2.20. The molecule has 3 heterocycles. The molecule has 1 amide bonds. The quantitative estimate of drug-likeness (QED) is 0.731. The number of nitrogens with one attached hydrogen (secondary N) is 1. The van der Waals surface area contributed by atoms with E-state index in [0.29, 0.717) is 24.0 Å². The second-order valence-corrected chi connectivity index (χ2v) is 7.93. The van der Waals surface area contributed by atoms with Crippen molar-refractivity contribution in [2.75, 3.05) is 43.4 Å². The van der Waals surface area contributed by atoms with Crippen LogP contribution in [-0.4, -0.2) is 53.5 Å². The zero-order chi connectivity index (χ0) is 20.1. The number of anilines is 2. The van der Waals surface area contributed by atoms with Gasteiger partial charge in [0.05, 0.1) is 0 Å². The number of carbonyl (C=O) groups excluding carboxylic acids is 1. The number of nitrogen functional groups attached to an aromatic ring is 1. The number of aromatic nitrogens is 2. The van der Waals surface area contributed by atoms with Gasteiger partial charge in [-0.1, -0.05) is 24.3 Å². The number of fused-ring (bicyclic) bond motifs is 1. The minimum Gasteiger partial charge on any atom is -0.384 e. The van der Waals surface area contributed by atoms with Crippen LogP contribution in [0.3, 0.4) is 0 Å². The molecule has 2 aromatic rings. The molecule has 154 valence electrons. The summed E-state index contributed by atoms with van der Waals surface area (Å²) in [5.74, 6) is 0.729. The molecule has 0 spiro atoms. The summed E-state index contributed by atoms with van der Waals surface area (Å²) in [5.41, 5.74) is 9.16. The van der Waals surface area contributed by atoms with Crippen LogP contribution in [0.1, 0.15) is 47.3 Å². The summed E-state index contributed by atoms with van der Waals surface area (Å²) in [5, 5.41) is 2.99.